The van der Waals surface area contributed by atoms with Gasteiger partial charge in [-0.15, -0.1) is 0 Å². The lowest BCUT2D eigenvalue weighted by molar-refractivity contribution is 0.355. The van der Waals surface area contributed by atoms with Crippen molar-refractivity contribution in [2.45, 2.75) is 6.92 Å². The van der Waals surface area contributed by atoms with E-state index in [-0.39, 0.29) is 11.6 Å². The summed E-state index contributed by atoms with van der Waals surface area (Å²) in [6, 6.07) is 5.20. The standard InChI is InChI=1S/C13H16N2O5S/c1-4-21(16,17)15-13-10(8-14-20-13)9-5-6-11(18-2)12(7-9)19-3/h5-8,15H,4H2,1-3H3. The fraction of sp³-hybridized carbons (Fsp3) is 0.308. The van der Waals surface area contributed by atoms with Crippen molar-refractivity contribution in [2.75, 3.05) is 24.7 Å². The van der Waals surface area contributed by atoms with E-state index in [4.69, 9.17) is 14.0 Å². The third kappa shape index (κ3) is 3.27. The molecule has 0 saturated heterocycles. The summed E-state index contributed by atoms with van der Waals surface area (Å²) in [6.45, 7) is 1.54. The van der Waals surface area contributed by atoms with Gasteiger partial charge in [-0.25, -0.2) is 8.42 Å². The normalized spacial score (nSPS) is 11.2. The Bertz CT molecular complexity index is 724. The van der Waals surface area contributed by atoms with Gasteiger partial charge in [0.25, 0.3) is 0 Å². The Balaban J connectivity index is 2.42. The number of rotatable bonds is 6. The highest BCUT2D eigenvalue weighted by molar-refractivity contribution is 7.92. The molecule has 8 heteroatoms. The van der Waals surface area contributed by atoms with Crippen molar-refractivity contribution in [2.24, 2.45) is 0 Å². The van der Waals surface area contributed by atoms with Crippen LogP contribution in [0, 0.1) is 0 Å². The maximum Gasteiger partial charge on any atom is 0.245 e. The lowest BCUT2D eigenvalue weighted by atomic mass is 10.1. The Kier molecular flexibility index (Phi) is 4.37. The maximum atomic E-state index is 11.6. The summed E-state index contributed by atoms with van der Waals surface area (Å²) in [7, 11) is -0.378. The second-order valence-corrected chi connectivity index (χ2v) is 6.15. The van der Waals surface area contributed by atoms with Gasteiger partial charge in [0.15, 0.2) is 11.5 Å². The van der Waals surface area contributed by atoms with Gasteiger partial charge in [0.2, 0.25) is 15.9 Å². The van der Waals surface area contributed by atoms with Gasteiger partial charge in [-0.3, -0.25) is 4.72 Å². The Morgan fingerprint density at radius 1 is 1.24 bits per heavy atom. The molecule has 0 radical (unpaired) electrons. The van der Waals surface area contributed by atoms with Crippen LogP contribution in [0.2, 0.25) is 0 Å². The van der Waals surface area contributed by atoms with Crippen molar-refractivity contribution in [3.05, 3.63) is 24.4 Å². The first-order valence-corrected chi connectivity index (χ1v) is 7.83. The SMILES string of the molecule is CCS(=O)(=O)Nc1oncc1-c1ccc(OC)c(OC)c1. The van der Waals surface area contributed by atoms with E-state index in [2.05, 4.69) is 9.88 Å². The highest BCUT2D eigenvalue weighted by atomic mass is 32.2. The van der Waals surface area contributed by atoms with Crippen LogP contribution in [0.5, 0.6) is 11.5 Å². The molecule has 1 aromatic carbocycles. The number of hydrogen-bond acceptors (Lipinski definition) is 6. The topological polar surface area (TPSA) is 90.7 Å². The molecule has 0 spiro atoms. The fourth-order valence-electron chi connectivity index (χ4n) is 1.74. The summed E-state index contributed by atoms with van der Waals surface area (Å²) in [5, 5.41) is 3.64. The molecule has 2 aromatic rings. The smallest absolute Gasteiger partial charge is 0.245 e. The average molecular weight is 312 g/mol. The number of nitrogens with zero attached hydrogens (tertiary/aromatic N) is 1. The highest BCUT2D eigenvalue weighted by Gasteiger charge is 2.17. The van der Waals surface area contributed by atoms with Crippen LogP contribution >= 0.6 is 0 Å². The van der Waals surface area contributed by atoms with Crippen molar-refractivity contribution >= 4 is 15.9 Å². The molecule has 0 atom stereocenters. The number of hydrogen-bond donors (Lipinski definition) is 1. The molecular weight excluding hydrogens is 296 g/mol. The number of methoxy groups -OCH3 is 2. The third-order valence-electron chi connectivity index (χ3n) is 2.89. The van der Waals surface area contributed by atoms with Gasteiger partial charge in [0.1, 0.15) is 0 Å². The lowest BCUT2D eigenvalue weighted by Crippen LogP contribution is -2.14. The van der Waals surface area contributed by atoms with Gasteiger partial charge in [0, 0.05) is 0 Å². The zero-order valence-corrected chi connectivity index (χ0v) is 12.7. The van der Waals surface area contributed by atoms with Crippen LogP contribution in [0.15, 0.2) is 28.9 Å². The predicted molar refractivity (Wildman–Crippen MR) is 78.1 cm³/mol. The summed E-state index contributed by atoms with van der Waals surface area (Å²) >= 11 is 0. The maximum absolute atomic E-state index is 11.6. The van der Waals surface area contributed by atoms with Gasteiger partial charge in [-0.1, -0.05) is 11.2 Å². The molecule has 0 saturated carbocycles. The van der Waals surface area contributed by atoms with Crippen LogP contribution < -0.4 is 14.2 Å². The van der Waals surface area contributed by atoms with Crippen LogP contribution in [0.4, 0.5) is 5.88 Å². The molecule has 0 aliphatic rings. The average Bonchev–Trinajstić information content (AvgIpc) is 2.93. The first-order chi connectivity index (χ1) is 10.0. The lowest BCUT2D eigenvalue weighted by Gasteiger charge is -2.09. The minimum Gasteiger partial charge on any atom is -0.493 e. The molecule has 0 aliphatic heterocycles. The van der Waals surface area contributed by atoms with Crippen molar-refractivity contribution in [3.8, 4) is 22.6 Å². The zero-order valence-electron chi connectivity index (χ0n) is 11.9. The molecule has 0 unspecified atom stereocenters. The molecule has 7 nitrogen and oxygen atoms in total. The van der Waals surface area contributed by atoms with Gasteiger partial charge < -0.3 is 14.0 Å². The van der Waals surface area contributed by atoms with E-state index in [1.807, 2.05) is 0 Å². The predicted octanol–water partition coefficient (Wildman–Crippen LogP) is 2.12. The van der Waals surface area contributed by atoms with E-state index in [0.717, 1.165) is 0 Å². The minimum atomic E-state index is -3.44. The van der Waals surface area contributed by atoms with Crippen LogP contribution in [0.1, 0.15) is 6.92 Å². The largest absolute Gasteiger partial charge is 0.493 e. The number of benzene rings is 1. The van der Waals surface area contributed by atoms with Gasteiger partial charge in [0.05, 0.1) is 31.7 Å². The summed E-state index contributed by atoms with van der Waals surface area (Å²) in [4.78, 5) is 0. The highest BCUT2D eigenvalue weighted by Crippen LogP contribution is 2.35. The molecule has 21 heavy (non-hydrogen) atoms. The fourth-order valence-corrected chi connectivity index (χ4v) is 2.31. The van der Waals surface area contributed by atoms with E-state index in [0.29, 0.717) is 22.6 Å². The van der Waals surface area contributed by atoms with E-state index in [1.165, 1.54) is 27.3 Å². The number of nitrogens with one attached hydrogen (secondary N) is 1. The quantitative estimate of drug-likeness (QED) is 0.878. The van der Waals surface area contributed by atoms with Crippen molar-refractivity contribution in [1.82, 2.24) is 5.16 Å². The minimum absolute atomic E-state index is 0.0565. The second kappa shape index (κ2) is 6.04. The van der Waals surface area contributed by atoms with Gasteiger partial charge in [-0.2, -0.15) is 0 Å². The van der Waals surface area contributed by atoms with Crippen LogP contribution in [0.3, 0.4) is 0 Å². The van der Waals surface area contributed by atoms with Crippen LogP contribution in [-0.4, -0.2) is 33.5 Å². The zero-order chi connectivity index (χ0) is 15.5. The van der Waals surface area contributed by atoms with E-state index < -0.39 is 10.0 Å². The van der Waals surface area contributed by atoms with Crippen LogP contribution in [-0.2, 0) is 10.0 Å². The van der Waals surface area contributed by atoms with Crippen molar-refractivity contribution < 1.29 is 22.4 Å². The molecule has 114 valence electrons. The van der Waals surface area contributed by atoms with Gasteiger partial charge in [-0.05, 0) is 24.6 Å². The third-order valence-corrected chi connectivity index (χ3v) is 4.15. The number of ether oxygens (including phenoxy) is 2. The van der Waals surface area contributed by atoms with E-state index >= 15 is 0 Å². The Morgan fingerprint density at radius 2 is 1.95 bits per heavy atom. The summed E-state index contributed by atoms with van der Waals surface area (Å²) in [5.41, 5.74) is 1.22. The summed E-state index contributed by atoms with van der Waals surface area (Å²) in [6.07, 6.45) is 1.44. The van der Waals surface area contributed by atoms with Gasteiger partial charge >= 0.3 is 0 Å². The molecule has 0 aliphatic carbocycles. The number of anilines is 1. The van der Waals surface area contributed by atoms with E-state index in [1.54, 1.807) is 18.2 Å². The summed E-state index contributed by atoms with van der Waals surface area (Å²) in [5.74, 6) is 1.12. The molecule has 2 rings (SSSR count). The number of sulfonamides is 1. The molecule has 1 N–H and O–H groups in total. The molecular formula is C13H16N2O5S. The first kappa shape index (κ1) is 15.2. The monoisotopic (exact) mass is 312 g/mol. The second-order valence-electron chi connectivity index (χ2n) is 4.14. The van der Waals surface area contributed by atoms with Crippen LogP contribution in [0.25, 0.3) is 11.1 Å². The molecule has 0 fully saturated rings. The molecule has 1 heterocycles. The van der Waals surface area contributed by atoms with E-state index in [9.17, 15) is 8.42 Å². The molecule has 1 aromatic heterocycles. The summed E-state index contributed by atoms with van der Waals surface area (Å²) < 4.78 is 41.0. The Morgan fingerprint density at radius 3 is 2.57 bits per heavy atom. The first-order valence-electron chi connectivity index (χ1n) is 6.18. The number of aromatic nitrogens is 1. The molecule has 0 amide bonds. The Labute approximate surface area is 122 Å². The van der Waals surface area contributed by atoms with Crippen molar-refractivity contribution in [3.63, 3.8) is 0 Å². The Hall–Kier alpha value is -2.22. The van der Waals surface area contributed by atoms with Crippen molar-refractivity contribution in [1.29, 1.82) is 0 Å². The molecule has 0 bridgehead atoms.